The van der Waals surface area contributed by atoms with Crippen LogP contribution in [0, 0.1) is 0 Å². The number of hydrogen-bond donors (Lipinski definition) is 2. The van der Waals surface area contributed by atoms with Crippen molar-refractivity contribution in [2.45, 2.75) is 18.6 Å². The number of amides is 1. The molecule has 0 saturated carbocycles. The molecule has 0 aromatic carbocycles. The molecule has 0 aliphatic heterocycles. The van der Waals surface area contributed by atoms with Crippen molar-refractivity contribution in [3.05, 3.63) is 0 Å². The summed E-state index contributed by atoms with van der Waals surface area (Å²) in [5, 5.41) is 0. The standard InChI is InChI=1S/C4H9NO4S.Na.H/c1-4(2,3(5)6)10(7,8)9;;/h1-2H3,(H2,5,6)(H,7,8,9);;/q;+1;-1. The molecule has 0 aromatic heterocycles. The molecule has 0 spiro atoms. The zero-order chi connectivity index (χ0) is 8.58. The maximum Gasteiger partial charge on any atom is 1.00 e. The summed E-state index contributed by atoms with van der Waals surface area (Å²) in [5.41, 5.74) is 4.68. The Labute approximate surface area is 88.9 Å². The molecule has 11 heavy (non-hydrogen) atoms. The fourth-order valence-electron chi connectivity index (χ4n) is 0.127. The molecular weight excluding hydrogens is 181 g/mol. The first-order valence-electron chi connectivity index (χ1n) is 2.46. The van der Waals surface area contributed by atoms with Gasteiger partial charge < -0.3 is 7.16 Å². The first kappa shape index (κ1) is 13.9. The average Bonchev–Trinajstić information content (AvgIpc) is 1.62. The summed E-state index contributed by atoms with van der Waals surface area (Å²) in [6, 6.07) is 0. The van der Waals surface area contributed by atoms with Gasteiger partial charge in [0.1, 0.15) is 0 Å². The minimum Gasteiger partial charge on any atom is -1.00 e. The van der Waals surface area contributed by atoms with E-state index in [4.69, 9.17) is 4.55 Å². The van der Waals surface area contributed by atoms with Crippen molar-refractivity contribution in [2.24, 2.45) is 5.73 Å². The second-order valence-corrected chi connectivity index (χ2v) is 4.32. The molecule has 0 aromatic rings. The molecule has 5 nitrogen and oxygen atoms in total. The monoisotopic (exact) mass is 191 g/mol. The van der Waals surface area contributed by atoms with Crippen LogP contribution in [-0.2, 0) is 14.9 Å². The van der Waals surface area contributed by atoms with E-state index < -0.39 is 20.8 Å². The SMILES string of the molecule is CC(C)(C(N)=O)S(=O)(=O)O.[H-].[Na+]. The van der Waals surface area contributed by atoms with Crippen molar-refractivity contribution in [1.82, 2.24) is 0 Å². The minimum absolute atomic E-state index is 0. The van der Waals surface area contributed by atoms with Crippen molar-refractivity contribution in [3.63, 3.8) is 0 Å². The van der Waals surface area contributed by atoms with E-state index >= 15 is 0 Å². The second kappa shape index (κ2) is 3.86. The van der Waals surface area contributed by atoms with Crippen LogP contribution in [0.3, 0.4) is 0 Å². The predicted octanol–water partition coefficient (Wildman–Crippen LogP) is -3.75. The second-order valence-electron chi connectivity index (χ2n) is 2.35. The Balaban J connectivity index is -0.000000405. The van der Waals surface area contributed by atoms with Gasteiger partial charge in [0.15, 0.2) is 4.75 Å². The van der Waals surface area contributed by atoms with Crippen molar-refractivity contribution >= 4 is 16.0 Å². The molecule has 0 saturated heterocycles. The zero-order valence-corrected chi connectivity index (χ0v) is 9.47. The van der Waals surface area contributed by atoms with Crippen LogP contribution in [0.15, 0.2) is 0 Å². The fraction of sp³-hybridized carbons (Fsp3) is 0.750. The van der Waals surface area contributed by atoms with Crippen LogP contribution in [0.1, 0.15) is 15.3 Å². The van der Waals surface area contributed by atoms with E-state index in [0.29, 0.717) is 0 Å². The first-order chi connectivity index (χ1) is 4.19. The summed E-state index contributed by atoms with van der Waals surface area (Å²) in [7, 11) is -4.38. The number of primary amides is 1. The number of hydrogen-bond acceptors (Lipinski definition) is 3. The van der Waals surface area contributed by atoms with Crippen LogP contribution >= 0.6 is 0 Å². The van der Waals surface area contributed by atoms with Crippen LogP contribution in [-0.4, -0.2) is 23.6 Å². The molecule has 7 heteroatoms. The van der Waals surface area contributed by atoms with E-state index in [2.05, 4.69) is 5.73 Å². The molecule has 0 atom stereocenters. The maximum atomic E-state index is 10.4. The molecular formula is C4H10NNaO4S. The number of rotatable bonds is 2. The van der Waals surface area contributed by atoms with E-state index in [1.165, 1.54) is 0 Å². The molecule has 1 amide bonds. The van der Waals surface area contributed by atoms with Crippen molar-refractivity contribution in [2.75, 3.05) is 0 Å². The summed E-state index contributed by atoms with van der Waals surface area (Å²) in [5.74, 6) is -1.07. The summed E-state index contributed by atoms with van der Waals surface area (Å²) in [4.78, 5) is 10.4. The number of carbonyl (C=O) groups is 1. The molecule has 3 N–H and O–H groups in total. The quantitative estimate of drug-likeness (QED) is 0.346. The Bertz CT molecular complexity index is 250. The van der Waals surface area contributed by atoms with Gasteiger partial charge in [0.25, 0.3) is 10.1 Å². The van der Waals surface area contributed by atoms with Crippen LogP contribution in [0.5, 0.6) is 0 Å². The van der Waals surface area contributed by atoms with Gasteiger partial charge in [0, 0.05) is 0 Å². The first-order valence-corrected chi connectivity index (χ1v) is 3.90. The van der Waals surface area contributed by atoms with Crippen LogP contribution in [0.4, 0.5) is 0 Å². The normalized spacial score (nSPS) is 11.9. The molecule has 0 bridgehead atoms. The molecule has 62 valence electrons. The van der Waals surface area contributed by atoms with Crippen LogP contribution in [0.25, 0.3) is 0 Å². The molecule has 0 radical (unpaired) electrons. The van der Waals surface area contributed by atoms with Gasteiger partial charge in [0.2, 0.25) is 5.91 Å². The predicted molar refractivity (Wildman–Crippen MR) is 35.9 cm³/mol. The Hall–Kier alpha value is 0.380. The summed E-state index contributed by atoms with van der Waals surface area (Å²) < 4.78 is 27.2. The number of carbonyl (C=O) groups excluding carboxylic acids is 1. The minimum atomic E-state index is -4.38. The number of nitrogens with two attached hydrogens (primary N) is 1. The summed E-state index contributed by atoms with van der Waals surface area (Å²) >= 11 is 0. The molecule has 0 aliphatic rings. The Kier molecular flexibility index (Phi) is 4.89. The van der Waals surface area contributed by atoms with Gasteiger partial charge in [-0.05, 0) is 13.8 Å². The van der Waals surface area contributed by atoms with Crippen molar-refractivity contribution < 1.29 is 48.7 Å². The third-order valence-corrected chi connectivity index (χ3v) is 2.73. The third kappa shape index (κ3) is 3.08. The summed E-state index contributed by atoms with van der Waals surface area (Å²) in [6.07, 6.45) is 0. The Morgan fingerprint density at radius 1 is 1.55 bits per heavy atom. The van der Waals surface area contributed by atoms with Crippen molar-refractivity contribution in [1.29, 1.82) is 0 Å². The molecule has 0 aliphatic carbocycles. The van der Waals surface area contributed by atoms with Crippen molar-refractivity contribution in [3.8, 4) is 0 Å². The van der Waals surface area contributed by atoms with E-state index in [0.717, 1.165) is 13.8 Å². The fourth-order valence-corrected chi connectivity index (χ4v) is 0.381. The third-order valence-electron chi connectivity index (χ3n) is 1.24. The average molecular weight is 191 g/mol. The van der Waals surface area contributed by atoms with Gasteiger partial charge in [-0.2, -0.15) is 8.42 Å². The topological polar surface area (TPSA) is 97.5 Å². The molecule has 0 heterocycles. The van der Waals surface area contributed by atoms with Crippen LogP contribution in [0.2, 0.25) is 0 Å². The molecule has 0 fully saturated rings. The van der Waals surface area contributed by atoms with E-state index in [1.807, 2.05) is 0 Å². The van der Waals surface area contributed by atoms with Gasteiger partial charge in [0.05, 0.1) is 0 Å². The Morgan fingerprint density at radius 2 is 1.82 bits per heavy atom. The van der Waals surface area contributed by atoms with Crippen LogP contribution < -0.4 is 35.3 Å². The molecule has 0 unspecified atom stereocenters. The summed E-state index contributed by atoms with van der Waals surface area (Å²) in [6.45, 7) is 2.06. The van der Waals surface area contributed by atoms with Gasteiger partial charge >= 0.3 is 29.6 Å². The Morgan fingerprint density at radius 3 is 1.82 bits per heavy atom. The smallest absolute Gasteiger partial charge is 1.00 e. The maximum absolute atomic E-state index is 10.4. The van der Waals surface area contributed by atoms with Gasteiger partial charge in [-0.15, -0.1) is 0 Å². The van der Waals surface area contributed by atoms with Gasteiger partial charge in [-0.1, -0.05) is 0 Å². The molecule has 0 rings (SSSR count). The van der Waals surface area contributed by atoms with E-state index in [9.17, 15) is 13.2 Å². The van der Waals surface area contributed by atoms with E-state index in [-0.39, 0.29) is 31.0 Å². The van der Waals surface area contributed by atoms with Gasteiger partial charge in [-0.25, -0.2) is 0 Å². The van der Waals surface area contributed by atoms with Gasteiger partial charge in [-0.3, -0.25) is 9.35 Å². The van der Waals surface area contributed by atoms with E-state index in [1.54, 1.807) is 0 Å². The largest absolute Gasteiger partial charge is 1.00 e. The zero-order valence-electron chi connectivity index (χ0n) is 7.66.